The van der Waals surface area contributed by atoms with Gasteiger partial charge in [0.1, 0.15) is 0 Å². The highest BCUT2D eigenvalue weighted by Crippen LogP contribution is 2.24. The molecular weight excluding hydrogens is 338 g/mol. The predicted molar refractivity (Wildman–Crippen MR) is 101 cm³/mol. The van der Waals surface area contributed by atoms with Crippen LogP contribution in [0.5, 0.6) is 0 Å². The smallest absolute Gasteiger partial charge is 0.253 e. The van der Waals surface area contributed by atoms with E-state index in [0.717, 1.165) is 50.6 Å². The third-order valence-corrected chi connectivity index (χ3v) is 5.14. The average Bonchev–Trinajstić information content (AvgIpc) is 3.14. The summed E-state index contributed by atoms with van der Waals surface area (Å²) in [6.07, 6.45) is 6.31. The molecule has 0 aromatic heterocycles. The Morgan fingerprint density at radius 3 is 2.40 bits per heavy atom. The molecule has 1 aromatic rings. The second kappa shape index (κ2) is 9.20. The zero-order chi connectivity index (χ0) is 16.9. The molecule has 6 heteroatoms. The molecule has 1 aliphatic carbocycles. The zero-order valence-corrected chi connectivity index (χ0v) is 15.4. The Hall–Kier alpha value is -1.59. The fourth-order valence-electron chi connectivity index (χ4n) is 3.66. The maximum absolute atomic E-state index is 12.5. The second-order valence-electron chi connectivity index (χ2n) is 7.05. The monoisotopic (exact) mass is 365 g/mol. The molecule has 1 atom stereocenters. The van der Waals surface area contributed by atoms with Gasteiger partial charge in [0.25, 0.3) is 5.91 Å². The van der Waals surface area contributed by atoms with E-state index in [1.807, 2.05) is 29.2 Å². The minimum atomic E-state index is 0. The number of likely N-dealkylation sites (tertiary alicyclic amines) is 1. The SMILES string of the molecule is Cl.NC1CCCN(C(=O)c2ccc(CNC(=O)C3CCCC3)cc2)C1. The van der Waals surface area contributed by atoms with Gasteiger partial charge in [0.05, 0.1) is 0 Å². The van der Waals surface area contributed by atoms with Crippen molar-refractivity contribution in [1.82, 2.24) is 10.2 Å². The summed E-state index contributed by atoms with van der Waals surface area (Å²) < 4.78 is 0. The largest absolute Gasteiger partial charge is 0.352 e. The Balaban J connectivity index is 0.00000225. The van der Waals surface area contributed by atoms with Crippen molar-refractivity contribution in [3.05, 3.63) is 35.4 Å². The van der Waals surface area contributed by atoms with Gasteiger partial charge in [-0.15, -0.1) is 12.4 Å². The van der Waals surface area contributed by atoms with E-state index in [9.17, 15) is 9.59 Å². The maximum Gasteiger partial charge on any atom is 0.253 e. The lowest BCUT2D eigenvalue weighted by Crippen LogP contribution is -2.45. The van der Waals surface area contributed by atoms with Crippen molar-refractivity contribution in [2.75, 3.05) is 13.1 Å². The first-order valence-corrected chi connectivity index (χ1v) is 9.05. The highest BCUT2D eigenvalue weighted by Gasteiger charge is 2.23. The molecule has 5 nitrogen and oxygen atoms in total. The number of hydrogen-bond acceptors (Lipinski definition) is 3. The van der Waals surface area contributed by atoms with E-state index in [1.54, 1.807) is 0 Å². The molecule has 1 unspecified atom stereocenters. The minimum absolute atomic E-state index is 0. The van der Waals surface area contributed by atoms with Crippen molar-refractivity contribution in [2.45, 2.75) is 51.1 Å². The van der Waals surface area contributed by atoms with Crippen LogP contribution in [0.15, 0.2) is 24.3 Å². The van der Waals surface area contributed by atoms with E-state index in [1.165, 1.54) is 0 Å². The number of hydrogen-bond donors (Lipinski definition) is 2. The van der Waals surface area contributed by atoms with Crippen LogP contribution in [0.4, 0.5) is 0 Å². The lowest BCUT2D eigenvalue weighted by Gasteiger charge is -2.30. The van der Waals surface area contributed by atoms with E-state index >= 15 is 0 Å². The van der Waals surface area contributed by atoms with Gasteiger partial charge in [-0.25, -0.2) is 0 Å². The number of nitrogens with two attached hydrogens (primary N) is 1. The van der Waals surface area contributed by atoms with E-state index in [0.29, 0.717) is 18.7 Å². The van der Waals surface area contributed by atoms with Gasteiger partial charge in [-0.1, -0.05) is 25.0 Å². The lowest BCUT2D eigenvalue weighted by atomic mass is 10.0. The number of rotatable bonds is 4. The first kappa shape index (κ1) is 19.7. The maximum atomic E-state index is 12.5. The molecule has 0 radical (unpaired) electrons. The first-order valence-electron chi connectivity index (χ1n) is 9.05. The second-order valence-corrected chi connectivity index (χ2v) is 7.05. The fraction of sp³-hybridized carbons (Fsp3) is 0.579. The lowest BCUT2D eigenvalue weighted by molar-refractivity contribution is -0.124. The van der Waals surface area contributed by atoms with Crippen molar-refractivity contribution >= 4 is 24.2 Å². The van der Waals surface area contributed by atoms with Crippen LogP contribution >= 0.6 is 12.4 Å². The van der Waals surface area contributed by atoms with Gasteiger partial charge < -0.3 is 16.0 Å². The third kappa shape index (κ3) is 5.19. The fourth-order valence-corrected chi connectivity index (χ4v) is 3.66. The van der Waals surface area contributed by atoms with Crippen molar-refractivity contribution in [3.8, 4) is 0 Å². The Bertz CT molecular complexity index is 585. The molecule has 25 heavy (non-hydrogen) atoms. The molecule has 3 N–H and O–H groups in total. The molecule has 2 amide bonds. The number of carbonyl (C=O) groups is 2. The Morgan fingerprint density at radius 1 is 1.08 bits per heavy atom. The summed E-state index contributed by atoms with van der Waals surface area (Å²) in [7, 11) is 0. The number of benzene rings is 1. The van der Waals surface area contributed by atoms with Crippen molar-refractivity contribution in [2.24, 2.45) is 11.7 Å². The predicted octanol–water partition coefficient (Wildman–Crippen LogP) is 2.48. The van der Waals surface area contributed by atoms with Crippen LogP contribution in [0.25, 0.3) is 0 Å². The molecule has 1 aromatic carbocycles. The highest BCUT2D eigenvalue weighted by molar-refractivity contribution is 5.94. The van der Waals surface area contributed by atoms with Crippen LogP contribution in [0.1, 0.15) is 54.4 Å². The number of nitrogens with zero attached hydrogens (tertiary/aromatic N) is 1. The normalized spacial score (nSPS) is 20.8. The summed E-state index contributed by atoms with van der Waals surface area (Å²) in [5, 5.41) is 3.01. The summed E-state index contributed by atoms with van der Waals surface area (Å²) in [4.78, 5) is 26.4. The van der Waals surface area contributed by atoms with Gasteiger partial charge in [0.2, 0.25) is 5.91 Å². The zero-order valence-electron chi connectivity index (χ0n) is 14.6. The van der Waals surface area contributed by atoms with Crippen LogP contribution in [0, 0.1) is 5.92 Å². The summed E-state index contributed by atoms with van der Waals surface area (Å²) in [6, 6.07) is 7.63. The molecule has 138 valence electrons. The highest BCUT2D eigenvalue weighted by atomic mass is 35.5. The molecule has 3 rings (SSSR count). The number of nitrogens with one attached hydrogen (secondary N) is 1. The molecular formula is C19H28ClN3O2. The van der Waals surface area contributed by atoms with E-state index in [-0.39, 0.29) is 36.2 Å². The summed E-state index contributed by atoms with van der Waals surface area (Å²) in [5.41, 5.74) is 7.66. The van der Waals surface area contributed by atoms with E-state index in [4.69, 9.17) is 5.73 Å². The number of amides is 2. The van der Waals surface area contributed by atoms with Crippen molar-refractivity contribution in [3.63, 3.8) is 0 Å². The molecule has 1 saturated heterocycles. The van der Waals surface area contributed by atoms with Gasteiger partial charge in [-0.05, 0) is 43.4 Å². The van der Waals surface area contributed by atoms with Crippen LogP contribution in [-0.2, 0) is 11.3 Å². The van der Waals surface area contributed by atoms with Gasteiger partial charge in [0.15, 0.2) is 0 Å². The van der Waals surface area contributed by atoms with E-state index < -0.39 is 0 Å². The summed E-state index contributed by atoms with van der Waals surface area (Å²) >= 11 is 0. The Labute approximate surface area is 155 Å². The van der Waals surface area contributed by atoms with Crippen LogP contribution in [0.3, 0.4) is 0 Å². The molecule has 2 fully saturated rings. The number of halogens is 1. The minimum Gasteiger partial charge on any atom is -0.352 e. The Morgan fingerprint density at radius 2 is 1.76 bits per heavy atom. The van der Waals surface area contributed by atoms with Crippen molar-refractivity contribution in [1.29, 1.82) is 0 Å². The van der Waals surface area contributed by atoms with Crippen molar-refractivity contribution < 1.29 is 9.59 Å². The first-order chi connectivity index (χ1) is 11.6. The number of piperidine rings is 1. The third-order valence-electron chi connectivity index (χ3n) is 5.14. The topological polar surface area (TPSA) is 75.4 Å². The standard InChI is InChI=1S/C19H27N3O2.ClH/c20-17-6-3-11-22(13-17)19(24)16-9-7-14(8-10-16)12-21-18(23)15-4-1-2-5-15;/h7-10,15,17H,1-6,11-13,20H2,(H,21,23);1H. The number of carbonyl (C=O) groups excluding carboxylic acids is 2. The summed E-state index contributed by atoms with van der Waals surface area (Å²) in [5.74, 6) is 0.399. The van der Waals surface area contributed by atoms with Crippen LogP contribution in [-0.4, -0.2) is 35.8 Å². The average molecular weight is 366 g/mol. The van der Waals surface area contributed by atoms with Gasteiger partial charge in [-0.2, -0.15) is 0 Å². The Kier molecular flexibility index (Phi) is 7.26. The van der Waals surface area contributed by atoms with Gasteiger partial charge in [-0.3, -0.25) is 9.59 Å². The van der Waals surface area contributed by atoms with Gasteiger partial charge in [0, 0.05) is 37.2 Å². The van der Waals surface area contributed by atoms with Crippen LogP contribution < -0.4 is 11.1 Å². The molecule has 1 saturated carbocycles. The molecule has 0 bridgehead atoms. The molecule has 2 aliphatic rings. The quantitative estimate of drug-likeness (QED) is 0.860. The molecule has 0 spiro atoms. The van der Waals surface area contributed by atoms with Crippen LogP contribution in [0.2, 0.25) is 0 Å². The molecule has 1 heterocycles. The van der Waals surface area contributed by atoms with E-state index in [2.05, 4.69) is 5.32 Å². The molecule has 1 aliphatic heterocycles. The summed E-state index contributed by atoms with van der Waals surface area (Å²) in [6.45, 7) is 1.95. The van der Waals surface area contributed by atoms with Gasteiger partial charge >= 0.3 is 0 Å².